The predicted octanol–water partition coefficient (Wildman–Crippen LogP) is 3.84. The first-order valence-corrected chi connectivity index (χ1v) is 7.57. The Morgan fingerprint density at radius 1 is 1.13 bits per heavy atom. The molecule has 1 aromatic heterocycles. The molecule has 0 atom stereocenters. The maximum atomic E-state index is 5.78. The summed E-state index contributed by atoms with van der Waals surface area (Å²) >= 11 is 5.78. The zero-order valence-electron chi connectivity index (χ0n) is 13.6. The number of aryl methyl sites for hydroxylation is 2. The number of rotatable bonds is 4. The molecular weight excluding hydrogens is 423 g/mol. The summed E-state index contributed by atoms with van der Waals surface area (Å²) in [6.07, 6.45) is 1.76. The lowest BCUT2D eigenvalue weighted by atomic mass is 10.1. The summed E-state index contributed by atoms with van der Waals surface area (Å²) < 4.78 is 0. The van der Waals surface area contributed by atoms with Crippen molar-refractivity contribution in [1.82, 2.24) is 15.6 Å². The second kappa shape index (κ2) is 9.72. The van der Waals surface area contributed by atoms with Crippen LogP contribution in [0.5, 0.6) is 0 Å². The van der Waals surface area contributed by atoms with Gasteiger partial charge in [-0.15, -0.1) is 24.0 Å². The number of nitrogens with zero attached hydrogens (tertiary/aromatic N) is 2. The van der Waals surface area contributed by atoms with Crippen LogP contribution in [0.1, 0.15) is 22.3 Å². The average molecular weight is 445 g/mol. The molecule has 0 saturated carbocycles. The van der Waals surface area contributed by atoms with Crippen LogP contribution in [-0.4, -0.2) is 18.0 Å². The molecule has 2 N–H and O–H groups in total. The molecule has 0 spiro atoms. The molecule has 0 aliphatic rings. The average Bonchev–Trinajstić information content (AvgIpc) is 2.51. The monoisotopic (exact) mass is 444 g/mol. The van der Waals surface area contributed by atoms with E-state index >= 15 is 0 Å². The van der Waals surface area contributed by atoms with Gasteiger partial charge in [0.1, 0.15) is 5.15 Å². The van der Waals surface area contributed by atoms with E-state index in [0.29, 0.717) is 11.7 Å². The second-order valence-electron chi connectivity index (χ2n) is 5.20. The standard InChI is InChI=1S/C17H21ClN4.HI/c1-12-4-6-15(13(2)8-12)11-22-17(19-3)21-10-14-5-7-16(18)20-9-14;/h4-9H,10-11H2,1-3H3,(H2,19,21,22);1H. The fourth-order valence-electron chi connectivity index (χ4n) is 2.14. The third-order valence-electron chi connectivity index (χ3n) is 3.42. The van der Waals surface area contributed by atoms with Gasteiger partial charge in [0.2, 0.25) is 0 Å². The molecule has 0 aliphatic heterocycles. The highest BCUT2D eigenvalue weighted by Crippen LogP contribution is 2.10. The quantitative estimate of drug-likeness (QED) is 0.326. The molecular formula is C17H22ClIN4. The van der Waals surface area contributed by atoms with Gasteiger partial charge in [-0.25, -0.2) is 4.98 Å². The number of benzene rings is 1. The molecule has 6 heteroatoms. The Morgan fingerprint density at radius 2 is 1.87 bits per heavy atom. The smallest absolute Gasteiger partial charge is 0.191 e. The van der Waals surface area contributed by atoms with E-state index in [2.05, 4.69) is 52.7 Å². The van der Waals surface area contributed by atoms with E-state index in [-0.39, 0.29) is 24.0 Å². The zero-order valence-corrected chi connectivity index (χ0v) is 16.6. The second-order valence-corrected chi connectivity index (χ2v) is 5.59. The van der Waals surface area contributed by atoms with Gasteiger partial charge in [-0.05, 0) is 36.6 Å². The molecule has 1 heterocycles. The van der Waals surface area contributed by atoms with Crippen molar-refractivity contribution in [3.05, 3.63) is 63.9 Å². The SMILES string of the molecule is CN=C(NCc1ccc(Cl)nc1)NCc1ccc(C)cc1C.I. The summed E-state index contributed by atoms with van der Waals surface area (Å²) in [5, 5.41) is 7.08. The Hall–Kier alpha value is -1.34. The van der Waals surface area contributed by atoms with Crippen molar-refractivity contribution in [1.29, 1.82) is 0 Å². The molecule has 1 aromatic carbocycles. The van der Waals surface area contributed by atoms with E-state index in [1.54, 1.807) is 19.3 Å². The van der Waals surface area contributed by atoms with Crippen LogP contribution in [0.3, 0.4) is 0 Å². The van der Waals surface area contributed by atoms with Gasteiger partial charge in [0.05, 0.1) is 0 Å². The van der Waals surface area contributed by atoms with E-state index in [9.17, 15) is 0 Å². The van der Waals surface area contributed by atoms with Gasteiger partial charge >= 0.3 is 0 Å². The molecule has 0 unspecified atom stereocenters. The molecule has 4 nitrogen and oxygen atoms in total. The molecule has 0 aliphatic carbocycles. The minimum absolute atomic E-state index is 0. The number of nitrogens with one attached hydrogen (secondary N) is 2. The van der Waals surface area contributed by atoms with Gasteiger partial charge in [0, 0.05) is 26.3 Å². The number of aliphatic imine (C=N–C) groups is 1. The summed E-state index contributed by atoms with van der Waals surface area (Å²) in [5.74, 6) is 0.759. The summed E-state index contributed by atoms with van der Waals surface area (Å²) in [6.45, 7) is 5.62. The van der Waals surface area contributed by atoms with Crippen molar-refractivity contribution >= 4 is 41.5 Å². The van der Waals surface area contributed by atoms with E-state index in [1.165, 1.54) is 16.7 Å². The first-order valence-electron chi connectivity index (χ1n) is 7.19. The molecule has 0 amide bonds. The van der Waals surface area contributed by atoms with E-state index in [4.69, 9.17) is 11.6 Å². The number of aromatic nitrogens is 1. The lowest BCUT2D eigenvalue weighted by Gasteiger charge is -2.13. The predicted molar refractivity (Wildman–Crippen MR) is 108 cm³/mol. The van der Waals surface area contributed by atoms with Crippen LogP contribution in [0.4, 0.5) is 0 Å². The molecule has 2 rings (SSSR count). The Labute approximate surface area is 159 Å². The number of hydrogen-bond acceptors (Lipinski definition) is 2. The fourth-order valence-corrected chi connectivity index (χ4v) is 2.25. The maximum Gasteiger partial charge on any atom is 0.191 e. The van der Waals surface area contributed by atoms with Crippen LogP contribution in [0.2, 0.25) is 5.15 Å². The van der Waals surface area contributed by atoms with Crippen molar-refractivity contribution in [2.45, 2.75) is 26.9 Å². The highest BCUT2D eigenvalue weighted by molar-refractivity contribution is 14.0. The van der Waals surface area contributed by atoms with Crippen LogP contribution in [0, 0.1) is 13.8 Å². The van der Waals surface area contributed by atoms with Crippen LogP contribution in [0.15, 0.2) is 41.5 Å². The van der Waals surface area contributed by atoms with Crippen molar-refractivity contribution in [2.75, 3.05) is 7.05 Å². The summed E-state index contributed by atoms with van der Waals surface area (Å²) in [6, 6.07) is 10.2. The van der Waals surface area contributed by atoms with Crippen molar-refractivity contribution in [3.63, 3.8) is 0 Å². The first-order chi connectivity index (χ1) is 10.6. The number of guanidine groups is 1. The first kappa shape index (κ1) is 19.7. The van der Waals surface area contributed by atoms with Crippen molar-refractivity contribution in [3.8, 4) is 0 Å². The highest BCUT2D eigenvalue weighted by Gasteiger charge is 2.02. The van der Waals surface area contributed by atoms with Gasteiger partial charge < -0.3 is 10.6 Å². The summed E-state index contributed by atoms with van der Waals surface area (Å²) in [4.78, 5) is 8.29. The fraction of sp³-hybridized carbons (Fsp3) is 0.294. The molecule has 0 saturated heterocycles. The van der Waals surface area contributed by atoms with E-state index in [1.807, 2.05) is 6.07 Å². The molecule has 0 fully saturated rings. The third-order valence-corrected chi connectivity index (χ3v) is 3.64. The Kier molecular flexibility index (Phi) is 8.33. The third kappa shape index (κ3) is 6.35. The normalized spacial score (nSPS) is 10.9. The zero-order chi connectivity index (χ0) is 15.9. The summed E-state index contributed by atoms with van der Waals surface area (Å²) in [7, 11) is 1.76. The van der Waals surface area contributed by atoms with E-state index in [0.717, 1.165) is 18.1 Å². The van der Waals surface area contributed by atoms with Gasteiger partial charge in [0.25, 0.3) is 0 Å². The number of halogens is 2. The molecule has 2 aromatic rings. The molecule has 124 valence electrons. The van der Waals surface area contributed by atoms with Crippen LogP contribution >= 0.6 is 35.6 Å². The van der Waals surface area contributed by atoms with Crippen LogP contribution in [-0.2, 0) is 13.1 Å². The van der Waals surface area contributed by atoms with Gasteiger partial charge in [-0.1, -0.05) is 41.4 Å². The van der Waals surface area contributed by atoms with Crippen LogP contribution < -0.4 is 10.6 Å². The Bertz CT molecular complexity index is 656. The van der Waals surface area contributed by atoms with Gasteiger partial charge in [-0.3, -0.25) is 4.99 Å². The minimum atomic E-state index is 0. The van der Waals surface area contributed by atoms with Crippen molar-refractivity contribution in [2.24, 2.45) is 4.99 Å². The molecule has 0 radical (unpaired) electrons. The van der Waals surface area contributed by atoms with Crippen molar-refractivity contribution < 1.29 is 0 Å². The van der Waals surface area contributed by atoms with Crippen LogP contribution in [0.25, 0.3) is 0 Å². The lowest BCUT2D eigenvalue weighted by molar-refractivity contribution is 0.804. The Balaban J connectivity index is 0.00000264. The lowest BCUT2D eigenvalue weighted by Crippen LogP contribution is -2.36. The number of hydrogen-bond donors (Lipinski definition) is 2. The topological polar surface area (TPSA) is 49.3 Å². The molecule has 0 bridgehead atoms. The van der Waals surface area contributed by atoms with Gasteiger partial charge in [-0.2, -0.15) is 0 Å². The largest absolute Gasteiger partial charge is 0.352 e. The summed E-state index contributed by atoms with van der Waals surface area (Å²) in [5.41, 5.74) is 4.88. The van der Waals surface area contributed by atoms with E-state index < -0.39 is 0 Å². The van der Waals surface area contributed by atoms with Gasteiger partial charge in [0.15, 0.2) is 5.96 Å². The number of pyridine rings is 1. The molecule has 23 heavy (non-hydrogen) atoms. The minimum Gasteiger partial charge on any atom is -0.352 e. The Morgan fingerprint density at radius 3 is 2.48 bits per heavy atom. The highest BCUT2D eigenvalue weighted by atomic mass is 127. The maximum absolute atomic E-state index is 5.78.